The summed E-state index contributed by atoms with van der Waals surface area (Å²) in [4.78, 5) is 32.8. The molecule has 0 aliphatic heterocycles. The van der Waals surface area contributed by atoms with E-state index in [1.807, 2.05) is 0 Å². The Morgan fingerprint density at radius 3 is 2.81 bits per heavy atom. The SMILES string of the molecule is Cc1cc(N)ncc1-n1c(C(C)NC(=O)O)nc2cccc(Cl)c2c1=O. The number of amides is 1. The number of carbonyl (C=O) groups is 1. The highest BCUT2D eigenvalue weighted by molar-refractivity contribution is 6.35. The third-order valence-corrected chi connectivity index (χ3v) is 4.26. The first-order valence-electron chi connectivity index (χ1n) is 7.72. The van der Waals surface area contributed by atoms with Gasteiger partial charge >= 0.3 is 6.09 Å². The molecule has 0 aliphatic carbocycles. The normalized spacial score (nSPS) is 12.1. The number of fused-ring (bicyclic) bond motifs is 1. The van der Waals surface area contributed by atoms with Crippen molar-refractivity contribution in [2.24, 2.45) is 0 Å². The lowest BCUT2D eigenvalue weighted by atomic mass is 10.2. The first kappa shape index (κ1) is 17.7. The van der Waals surface area contributed by atoms with Gasteiger partial charge in [0.1, 0.15) is 11.6 Å². The van der Waals surface area contributed by atoms with Crippen LogP contribution in [0, 0.1) is 6.92 Å². The molecule has 0 saturated heterocycles. The van der Waals surface area contributed by atoms with Gasteiger partial charge < -0.3 is 16.2 Å². The summed E-state index contributed by atoms with van der Waals surface area (Å²) in [6, 6.07) is 5.80. The monoisotopic (exact) mass is 373 g/mol. The molecule has 9 heteroatoms. The minimum atomic E-state index is -1.23. The third kappa shape index (κ3) is 3.06. The van der Waals surface area contributed by atoms with Crippen molar-refractivity contribution in [3.63, 3.8) is 0 Å². The van der Waals surface area contributed by atoms with E-state index >= 15 is 0 Å². The van der Waals surface area contributed by atoms with Crippen LogP contribution < -0.4 is 16.6 Å². The number of benzene rings is 1. The number of hydrogen-bond acceptors (Lipinski definition) is 5. The Morgan fingerprint density at radius 2 is 2.15 bits per heavy atom. The molecule has 3 rings (SSSR count). The van der Waals surface area contributed by atoms with E-state index in [1.54, 1.807) is 38.1 Å². The molecule has 1 aromatic carbocycles. The van der Waals surface area contributed by atoms with Gasteiger partial charge in [0.25, 0.3) is 5.56 Å². The Bertz CT molecular complexity index is 1080. The Balaban J connectivity index is 2.40. The second kappa shape index (κ2) is 6.64. The molecule has 4 N–H and O–H groups in total. The number of nitrogens with zero attached hydrogens (tertiary/aromatic N) is 3. The van der Waals surface area contributed by atoms with E-state index in [1.165, 1.54) is 10.8 Å². The summed E-state index contributed by atoms with van der Waals surface area (Å²) in [5, 5.41) is 11.9. The van der Waals surface area contributed by atoms with Crippen molar-refractivity contribution in [1.82, 2.24) is 19.9 Å². The van der Waals surface area contributed by atoms with E-state index in [0.717, 1.165) is 0 Å². The smallest absolute Gasteiger partial charge is 0.405 e. The maximum atomic E-state index is 13.2. The molecule has 0 radical (unpaired) electrons. The first-order chi connectivity index (χ1) is 12.3. The molecule has 0 aliphatic rings. The second-order valence-electron chi connectivity index (χ2n) is 5.81. The number of nitrogens with one attached hydrogen (secondary N) is 1. The quantitative estimate of drug-likeness (QED) is 0.648. The minimum absolute atomic E-state index is 0.224. The molecule has 1 amide bonds. The van der Waals surface area contributed by atoms with Crippen LogP contribution in [0.25, 0.3) is 16.6 Å². The van der Waals surface area contributed by atoms with Gasteiger partial charge in [0.15, 0.2) is 0 Å². The molecule has 0 bridgehead atoms. The van der Waals surface area contributed by atoms with Gasteiger partial charge in [0.2, 0.25) is 0 Å². The average Bonchev–Trinajstić information content (AvgIpc) is 2.55. The number of carboxylic acid groups (broad SMARTS) is 1. The largest absolute Gasteiger partial charge is 0.465 e. The summed E-state index contributed by atoms with van der Waals surface area (Å²) < 4.78 is 1.32. The average molecular weight is 374 g/mol. The lowest BCUT2D eigenvalue weighted by molar-refractivity contribution is 0.190. The fraction of sp³-hybridized carbons (Fsp3) is 0.176. The Labute approximate surface area is 153 Å². The van der Waals surface area contributed by atoms with Crippen LogP contribution in [0.15, 0.2) is 35.3 Å². The Morgan fingerprint density at radius 1 is 1.42 bits per heavy atom. The fourth-order valence-corrected chi connectivity index (χ4v) is 3.03. The highest BCUT2D eigenvalue weighted by atomic mass is 35.5. The number of nitrogens with two attached hydrogens (primary N) is 1. The van der Waals surface area contributed by atoms with Gasteiger partial charge in [-0.2, -0.15) is 0 Å². The molecule has 134 valence electrons. The Kier molecular flexibility index (Phi) is 4.52. The molecule has 0 saturated carbocycles. The Hall–Kier alpha value is -3.13. The molecule has 2 aromatic heterocycles. The van der Waals surface area contributed by atoms with E-state index < -0.39 is 17.7 Å². The van der Waals surface area contributed by atoms with Gasteiger partial charge in [-0.05, 0) is 37.6 Å². The van der Waals surface area contributed by atoms with Crippen LogP contribution in [0.5, 0.6) is 0 Å². The summed E-state index contributed by atoms with van der Waals surface area (Å²) in [6.07, 6.45) is 0.226. The molecule has 2 heterocycles. The van der Waals surface area contributed by atoms with Gasteiger partial charge in [0.05, 0.1) is 33.9 Å². The van der Waals surface area contributed by atoms with Crippen molar-refractivity contribution in [1.29, 1.82) is 0 Å². The van der Waals surface area contributed by atoms with E-state index in [-0.39, 0.29) is 16.2 Å². The summed E-state index contributed by atoms with van der Waals surface area (Å²) in [5.74, 6) is 0.533. The van der Waals surface area contributed by atoms with Crippen molar-refractivity contribution in [3.8, 4) is 5.69 Å². The first-order valence-corrected chi connectivity index (χ1v) is 8.10. The molecule has 1 unspecified atom stereocenters. The summed E-state index contributed by atoms with van der Waals surface area (Å²) >= 11 is 6.20. The number of rotatable bonds is 3. The van der Waals surface area contributed by atoms with Crippen molar-refractivity contribution < 1.29 is 9.90 Å². The lowest BCUT2D eigenvalue weighted by Gasteiger charge is -2.19. The van der Waals surface area contributed by atoms with E-state index in [4.69, 9.17) is 22.4 Å². The van der Waals surface area contributed by atoms with Gasteiger partial charge in [-0.1, -0.05) is 17.7 Å². The number of hydrogen-bond donors (Lipinski definition) is 3. The van der Waals surface area contributed by atoms with Crippen molar-refractivity contribution in [2.45, 2.75) is 19.9 Å². The second-order valence-corrected chi connectivity index (χ2v) is 6.22. The maximum absolute atomic E-state index is 13.2. The standard InChI is InChI=1S/C17H16ClN5O3/c1-8-6-13(19)20-7-12(8)23-15(9(2)21-17(25)26)22-11-5-3-4-10(18)14(11)16(23)24/h3-7,9,21H,1-2H3,(H2,19,20)(H,25,26). The predicted molar refractivity (Wildman–Crippen MR) is 98.9 cm³/mol. The maximum Gasteiger partial charge on any atom is 0.405 e. The van der Waals surface area contributed by atoms with Crippen LogP contribution in [0.3, 0.4) is 0 Å². The van der Waals surface area contributed by atoms with E-state index in [2.05, 4.69) is 15.3 Å². The van der Waals surface area contributed by atoms with Crippen LogP contribution in [0.2, 0.25) is 5.02 Å². The molecule has 0 spiro atoms. The lowest BCUT2D eigenvalue weighted by Crippen LogP contribution is -2.32. The molecule has 3 aromatic rings. The molecule has 26 heavy (non-hydrogen) atoms. The fourth-order valence-electron chi connectivity index (χ4n) is 2.78. The highest BCUT2D eigenvalue weighted by Crippen LogP contribution is 2.24. The summed E-state index contributed by atoms with van der Waals surface area (Å²) in [5.41, 5.74) is 6.81. The zero-order valence-corrected chi connectivity index (χ0v) is 14.8. The number of aryl methyl sites for hydroxylation is 1. The molecule has 8 nitrogen and oxygen atoms in total. The number of aromatic nitrogens is 3. The minimum Gasteiger partial charge on any atom is -0.465 e. The molecular weight excluding hydrogens is 358 g/mol. The van der Waals surface area contributed by atoms with Crippen molar-refractivity contribution in [2.75, 3.05) is 5.73 Å². The third-order valence-electron chi connectivity index (χ3n) is 3.95. The summed E-state index contributed by atoms with van der Waals surface area (Å²) in [6.45, 7) is 3.37. The topological polar surface area (TPSA) is 123 Å². The molecular formula is C17H16ClN5O3. The highest BCUT2D eigenvalue weighted by Gasteiger charge is 2.21. The summed E-state index contributed by atoms with van der Waals surface area (Å²) in [7, 11) is 0. The van der Waals surface area contributed by atoms with Crippen molar-refractivity contribution in [3.05, 3.63) is 57.2 Å². The predicted octanol–water partition coefficient (Wildman–Crippen LogP) is 2.65. The number of pyridine rings is 1. The van der Waals surface area contributed by atoms with Gasteiger partial charge in [-0.15, -0.1) is 0 Å². The van der Waals surface area contributed by atoms with Crippen LogP contribution in [-0.2, 0) is 0 Å². The molecule has 1 atom stereocenters. The van der Waals surface area contributed by atoms with Crippen LogP contribution in [-0.4, -0.2) is 25.7 Å². The van der Waals surface area contributed by atoms with Crippen molar-refractivity contribution >= 4 is 34.4 Å². The number of halogens is 1. The van der Waals surface area contributed by atoms with Gasteiger partial charge in [0, 0.05) is 0 Å². The molecule has 0 fully saturated rings. The number of anilines is 1. The van der Waals surface area contributed by atoms with Crippen LogP contribution in [0.4, 0.5) is 10.6 Å². The zero-order chi connectivity index (χ0) is 19.0. The van der Waals surface area contributed by atoms with Gasteiger partial charge in [-0.3, -0.25) is 9.36 Å². The van der Waals surface area contributed by atoms with Crippen LogP contribution in [0.1, 0.15) is 24.4 Å². The van der Waals surface area contributed by atoms with E-state index in [0.29, 0.717) is 22.6 Å². The van der Waals surface area contributed by atoms with Gasteiger partial charge in [-0.25, -0.2) is 14.8 Å². The van der Waals surface area contributed by atoms with Crippen LogP contribution >= 0.6 is 11.6 Å². The van der Waals surface area contributed by atoms with E-state index in [9.17, 15) is 9.59 Å². The zero-order valence-electron chi connectivity index (χ0n) is 14.0. The number of nitrogen functional groups attached to an aromatic ring is 1.